The Labute approximate surface area is 136 Å². The first-order chi connectivity index (χ1) is 9.91. The molecule has 1 amide bonds. The summed E-state index contributed by atoms with van der Waals surface area (Å²) in [7, 11) is 0. The SMILES string of the molecule is Cc1c(Cl)ccc(C(=O)N(CC(C)C)C2CCNC2)c1Cl. The second-order valence-electron chi connectivity index (χ2n) is 6.03. The zero-order valence-electron chi connectivity index (χ0n) is 12.7. The number of hydrogen-bond donors (Lipinski definition) is 1. The highest BCUT2D eigenvalue weighted by atomic mass is 35.5. The summed E-state index contributed by atoms with van der Waals surface area (Å²) in [4.78, 5) is 14.9. The molecule has 1 aliphatic rings. The molecule has 2 rings (SSSR count). The van der Waals surface area contributed by atoms with E-state index < -0.39 is 0 Å². The molecule has 0 saturated carbocycles. The van der Waals surface area contributed by atoms with Crippen LogP contribution in [0.4, 0.5) is 0 Å². The maximum Gasteiger partial charge on any atom is 0.255 e. The zero-order valence-corrected chi connectivity index (χ0v) is 14.3. The van der Waals surface area contributed by atoms with Gasteiger partial charge in [-0.1, -0.05) is 37.0 Å². The van der Waals surface area contributed by atoms with Gasteiger partial charge in [0.05, 0.1) is 10.6 Å². The van der Waals surface area contributed by atoms with Crippen molar-refractivity contribution in [3.05, 3.63) is 33.3 Å². The summed E-state index contributed by atoms with van der Waals surface area (Å²) in [6.07, 6.45) is 0.989. The summed E-state index contributed by atoms with van der Waals surface area (Å²) >= 11 is 12.4. The molecule has 1 aliphatic heterocycles. The van der Waals surface area contributed by atoms with E-state index in [9.17, 15) is 4.79 Å². The maximum absolute atomic E-state index is 12.9. The van der Waals surface area contributed by atoms with Gasteiger partial charge in [0, 0.05) is 24.2 Å². The Kier molecular flexibility index (Phi) is 5.53. The van der Waals surface area contributed by atoms with Crippen LogP contribution in [-0.2, 0) is 0 Å². The van der Waals surface area contributed by atoms with Gasteiger partial charge in [0.15, 0.2) is 0 Å². The van der Waals surface area contributed by atoms with Crippen LogP contribution < -0.4 is 5.32 Å². The molecule has 0 bridgehead atoms. The van der Waals surface area contributed by atoms with Gasteiger partial charge in [-0.25, -0.2) is 0 Å². The molecule has 1 fully saturated rings. The van der Waals surface area contributed by atoms with Crippen LogP contribution in [0, 0.1) is 12.8 Å². The number of rotatable bonds is 4. The Hall–Kier alpha value is -0.770. The van der Waals surface area contributed by atoms with Crippen molar-refractivity contribution >= 4 is 29.1 Å². The second kappa shape index (κ2) is 6.99. The van der Waals surface area contributed by atoms with Crippen LogP contribution in [0.3, 0.4) is 0 Å². The van der Waals surface area contributed by atoms with E-state index >= 15 is 0 Å². The molecule has 1 saturated heterocycles. The lowest BCUT2D eigenvalue weighted by Gasteiger charge is -2.30. The molecule has 1 N–H and O–H groups in total. The summed E-state index contributed by atoms with van der Waals surface area (Å²) in [6.45, 7) is 8.63. The van der Waals surface area contributed by atoms with E-state index in [1.54, 1.807) is 12.1 Å². The topological polar surface area (TPSA) is 32.3 Å². The molecule has 1 aromatic rings. The zero-order chi connectivity index (χ0) is 15.6. The predicted molar refractivity (Wildman–Crippen MR) is 88.3 cm³/mol. The van der Waals surface area contributed by atoms with E-state index in [-0.39, 0.29) is 11.9 Å². The number of halogens is 2. The number of hydrogen-bond acceptors (Lipinski definition) is 2. The van der Waals surface area contributed by atoms with Gasteiger partial charge in [0.2, 0.25) is 0 Å². The molecule has 0 aromatic heterocycles. The van der Waals surface area contributed by atoms with Gasteiger partial charge >= 0.3 is 0 Å². The third-order valence-electron chi connectivity index (χ3n) is 3.85. The number of nitrogens with zero attached hydrogens (tertiary/aromatic N) is 1. The molecular formula is C16H22Cl2N2O. The molecule has 3 nitrogen and oxygen atoms in total. The molecule has 0 spiro atoms. The largest absolute Gasteiger partial charge is 0.334 e. The Morgan fingerprint density at radius 3 is 2.71 bits per heavy atom. The lowest BCUT2D eigenvalue weighted by molar-refractivity contribution is 0.0667. The number of nitrogens with one attached hydrogen (secondary N) is 1. The van der Waals surface area contributed by atoms with Crippen LogP contribution in [0.25, 0.3) is 0 Å². The smallest absolute Gasteiger partial charge is 0.255 e. The van der Waals surface area contributed by atoms with Crippen molar-refractivity contribution in [3.8, 4) is 0 Å². The summed E-state index contributed by atoms with van der Waals surface area (Å²) in [5.74, 6) is 0.420. The standard InChI is InChI=1S/C16H22Cl2N2O/c1-10(2)9-20(12-6-7-19-8-12)16(21)13-4-5-14(17)11(3)15(13)18/h4-5,10,12,19H,6-9H2,1-3H3. The van der Waals surface area contributed by atoms with Gasteiger partial charge in [0.25, 0.3) is 5.91 Å². The van der Waals surface area contributed by atoms with Crippen molar-refractivity contribution in [3.63, 3.8) is 0 Å². The predicted octanol–water partition coefficient (Wildman–Crippen LogP) is 3.76. The van der Waals surface area contributed by atoms with Crippen molar-refractivity contribution in [2.24, 2.45) is 5.92 Å². The van der Waals surface area contributed by atoms with Gasteiger partial charge in [-0.3, -0.25) is 4.79 Å². The molecule has 1 atom stereocenters. The molecule has 0 aliphatic carbocycles. The molecule has 0 radical (unpaired) electrons. The van der Waals surface area contributed by atoms with Crippen LogP contribution >= 0.6 is 23.2 Å². The third-order valence-corrected chi connectivity index (χ3v) is 4.74. The van der Waals surface area contributed by atoms with Crippen molar-refractivity contribution < 1.29 is 4.79 Å². The average molecular weight is 329 g/mol. The van der Waals surface area contributed by atoms with E-state index in [2.05, 4.69) is 19.2 Å². The minimum atomic E-state index is 0.00201. The monoisotopic (exact) mass is 328 g/mol. The van der Waals surface area contributed by atoms with Gasteiger partial charge < -0.3 is 10.2 Å². The minimum Gasteiger partial charge on any atom is -0.334 e. The molecule has 1 heterocycles. The fourth-order valence-corrected chi connectivity index (χ4v) is 3.13. The fraction of sp³-hybridized carbons (Fsp3) is 0.562. The summed E-state index contributed by atoms with van der Waals surface area (Å²) < 4.78 is 0. The summed E-state index contributed by atoms with van der Waals surface area (Å²) in [5.41, 5.74) is 1.31. The lowest BCUT2D eigenvalue weighted by Crippen LogP contribution is -2.43. The molecule has 5 heteroatoms. The number of carbonyl (C=O) groups excluding carboxylic acids is 1. The van der Waals surface area contributed by atoms with E-state index in [0.29, 0.717) is 21.5 Å². The highest BCUT2D eigenvalue weighted by molar-refractivity contribution is 6.38. The number of benzene rings is 1. The van der Waals surface area contributed by atoms with Crippen molar-refractivity contribution in [1.82, 2.24) is 10.2 Å². The van der Waals surface area contributed by atoms with E-state index in [1.165, 1.54) is 0 Å². The quantitative estimate of drug-likeness (QED) is 0.912. The molecule has 1 unspecified atom stereocenters. The van der Waals surface area contributed by atoms with Gasteiger partial charge in [-0.2, -0.15) is 0 Å². The highest BCUT2D eigenvalue weighted by Crippen LogP contribution is 2.29. The lowest BCUT2D eigenvalue weighted by atomic mass is 10.1. The number of carbonyl (C=O) groups is 1. The Bertz CT molecular complexity index is 525. The fourth-order valence-electron chi connectivity index (χ4n) is 2.68. The van der Waals surface area contributed by atoms with Crippen LogP contribution in [0.2, 0.25) is 10.0 Å². The van der Waals surface area contributed by atoms with Crippen LogP contribution in [-0.4, -0.2) is 36.5 Å². The first-order valence-corrected chi connectivity index (χ1v) is 8.13. The van der Waals surface area contributed by atoms with Crippen molar-refractivity contribution in [2.75, 3.05) is 19.6 Å². The van der Waals surface area contributed by atoms with Crippen LogP contribution in [0.5, 0.6) is 0 Å². The Morgan fingerprint density at radius 2 is 2.14 bits per heavy atom. The first kappa shape index (κ1) is 16.6. The van der Waals surface area contributed by atoms with Crippen molar-refractivity contribution in [1.29, 1.82) is 0 Å². The molecule has 1 aromatic carbocycles. The average Bonchev–Trinajstić information content (AvgIpc) is 2.95. The normalized spacial score (nSPS) is 18.3. The number of amides is 1. The summed E-state index contributed by atoms with van der Waals surface area (Å²) in [5, 5.41) is 4.38. The van der Waals surface area contributed by atoms with E-state index in [4.69, 9.17) is 23.2 Å². The molecule has 116 valence electrons. The molecule has 21 heavy (non-hydrogen) atoms. The highest BCUT2D eigenvalue weighted by Gasteiger charge is 2.29. The summed E-state index contributed by atoms with van der Waals surface area (Å²) in [6, 6.07) is 3.72. The third kappa shape index (κ3) is 3.71. The Balaban J connectivity index is 2.31. The Morgan fingerprint density at radius 1 is 1.43 bits per heavy atom. The maximum atomic E-state index is 12.9. The van der Waals surface area contributed by atoms with Crippen LogP contribution in [0.15, 0.2) is 12.1 Å². The van der Waals surface area contributed by atoms with E-state index in [0.717, 1.165) is 31.6 Å². The van der Waals surface area contributed by atoms with Gasteiger partial charge in [-0.05, 0) is 43.5 Å². The molecular weight excluding hydrogens is 307 g/mol. The van der Waals surface area contributed by atoms with E-state index in [1.807, 2.05) is 11.8 Å². The van der Waals surface area contributed by atoms with Crippen molar-refractivity contribution in [2.45, 2.75) is 33.2 Å². The van der Waals surface area contributed by atoms with Gasteiger partial charge in [0.1, 0.15) is 0 Å². The second-order valence-corrected chi connectivity index (χ2v) is 6.82. The minimum absolute atomic E-state index is 0.00201. The van der Waals surface area contributed by atoms with Gasteiger partial charge in [-0.15, -0.1) is 0 Å². The van der Waals surface area contributed by atoms with Crippen LogP contribution in [0.1, 0.15) is 36.2 Å². The first-order valence-electron chi connectivity index (χ1n) is 7.38.